The molecule has 2 aromatic carbocycles. The molecule has 1 aliphatic rings. The van der Waals surface area contributed by atoms with Gasteiger partial charge in [0.15, 0.2) is 0 Å². The van der Waals surface area contributed by atoms with Crippen LogP contribution in [0.25, 0.3) is 0 Å². The molecule has 4 N–H and O–H groups in total. The van der Waals surface area contributed by atoms with Crippen LogP contribution >= 0.6 is 0 Å². The number of fused-ring (bicyclic) bond motifs is 1. The number of rotatable bonds is 7. The molecule has 1 heterocycles. The van der Waals surface area contributed by atoms with Crippen molar-refractivity contribution in [2.45, 2.75) is 25.8 Å². The average Bonchev–Trinajstić information content (AvgIpc) is 2.72. The highest BCUT2D eigenvalue weighted by Gasteiger charge is 2.16. The minimum atomic E-state index is -0.709. The van der Waals surface area contributed by atoms with Crippen molar-refractivity contribution < 1.29 is 14.4 Å². The van der Waals surface area contributed by atoms with Crippen LogP contribution in [0.2, 0.25) is 0 Å². The van der Waals surface area contributed by atoms with E-state index in [1.165, 1.54) is 11.1 Å². The molecule has 1 aliphatic heterocycles. The summed E-state index contributed by atoms with van der Waals surface area (Å²) in [5.74, 6) is -1.79. The molecule has 152 valence electrons. The fraction of sp³-hybridized carbons (Fsp3) is 0.318. The van der Waals surface area contributed by atoms with Crippen molar-refractivity contribution in [2.75, 3.05) is 25.0 Å². The van der Waals surface area contributed by atoms with Crippen LogP contribution in [0.4, 0.5) is 5.69 Å². The molecular weight excluding hydrogens is 368 g/mol. The van der Waals surface area contributed by atoms with Gasteiger partial charge in [0.1, 0.15) is 0 Å². The van der Waals surface area contributed by atoms with Crippen molar-refractivity contribution in [1.29, 1.82) is 0 Å². The van der Waals surface area contributed by atoms with Crippen LogP contribution in [0.1, 0.15) is 23.1 Å². The molecule has 3 rings (SSSR count). The van der Waals surface area contributed by atoms with Crippen LogP contribution in [-0.2, 0) is 33.8 Å². The highest BCUT2D eigenvalue weighted by Crippen LogP contribution is 2.18. The van der Waals surface area contributed by atoms with Gasteiger partial charge in [-0.3, -0.25) is 19.3 Å². The van der Waals surface area contributed by atoms with Gasteiger partial charge in [0.25, 0.3) is 0 Å². The SMILES string of the molecule is NC(=O)Cc1ccc(NC(=O)C(=O)NCCCN2CCc3ccccc3C2)cc1. The highest BCUT2D eigenvalue weighted by atomic mass is 16.2. The van der Waals surface area contributed by atoms with Gasteiger partial charge in [-0.25, -0.2) is 0 Å². The second-order valence-electron chi connectivity index (χ2n) is 7.20. The molecule has 0 bridgehead atoms. The van der Waals surface area contributed by atoms with E-state index in [0.29, 0.717) is 12.2 Å². The predicted molar refractivity (Wildman–Crippen MR) is 111 cm³/mol. The maximum atomic E-state index is 12.0. The van der Waals surface area contributed by atoms with Crippen molar-refractivity contribution in [3.8, 4) is 0 Å². The zero-order chi connectivity index (χ0) is 20.6. The molecule has 2 aromatic rings. The first-order valence-corrected chi connectivity index (χ1v) is 9.77. The number of primary amides is 1. The van der Waals surface area contributed by atoms with E-state index in [4.69, 9.17) is 5.73 Å². The summed E-state index contributed by atoms with van der Waals surface area (Å²) in [4.78, 5) is 37.2. The lowest BCUT2D eigenvalue weighted by Crippen LogP contribution is -2.38. The lowest BCUT2D eigenvalue weighted by molar-refractivity contribution is -0.136. The van der Waals surface area contributed by atoms with E-state index < -0.39 is 17.7 Å². The summed E-state index contributed by atoms with van der Waals surface area (Å²) < 4.78 is 0. The quantitative estimate of drug-likeness (QED) is 0.485. The molecular formula is C22H26N4O3. The van der Waals surface area contributed by atoms with E-state index in [2.05, 4.69) is 39.8 Å². The largest absolute Gasteiger partial charge is 0.369 e. The smallest absolute Gasteiger partial charge is 0.313 e. The van der Waals surface area contributed by atoms with E-state index >= 15 is 0 Å². The number of carbonyl (C=O) groups is 3. The second-order valence-corrected chi connectivity index (χ2v) is 7.20. The van der Waals surface area contributed by atoms with Crippen LogP contribution in [0.3, 0.4) is 0 Å². The van der Waals surface area contributed by atoms with Gasteiger partial charge in [0.05, 0.1) is 6.42 Å². The van der Waals surface area contributed by atoms with Gasteiger partial charge < -0.3 is 16.4 Å². The molecule has 3 amide bonds. The zero-order valence-electron chi connectivity index (χ0n) is 16.3. The molecule has 0 fully saturated rings. The summed E-state index contributed by atoms with van der Waals surface area (Å²) in [6.07, 6.45) is 1.96. The molecule has 0 aliphatic carbocycles. The van der Waals surface area contributed by atoms with Crippen molar-refractivity contribution in [3.05, 3.63) is 65.2 Å². The topological polar surface area (TPSA) is 105 Å². The molecule has 7 heteroatoms. The minimum absolute atomic E-state index is 0.136. The van der Waals surface area contributed by atoms with E-state index in [-0.39, 0.29) is 6.42 Å². The van der Waals surface area contributed by atoms with Gasteiger partial charge >= 0.3 is 11.8 Å². The lowest BCUT2D eigenvalue weighted by atomic mass is 10.00. The predicted octanol–water partition coefficient (Wildman–Crippen LogP) is 1.22. The number of nitrogens with zero attached hydrogens (tertiary/aromatic N) is 1. The van der Waals surface area contributed by atoms with Gasteiger partial charge in [-0.2, -0.15) is 0 Å². The van der Waals surface area contributed by atoms with E-state index in [0.717, 1.165) is 38.0 Å². The van der Waals surface area contributed by atoms with Gasteiger partial charge in [0, 0.05) is 31.9 Å². The molecule has 7 nitrogen and oxygen atoms in total. The van der Waals surface area contributed by atoms with Crippen LogP contribution < -0.4 is 16.4 Å². The van der Waals surface area contributed by atoms with Crippen LogP contribution in [0.5, 0.6) is 0 Å². The Bertz CT molecular complexity index is 880. The Morgan fingerprint density at radius 3 is 2.41 bits per heavy atom. The monoisotopic (exact) mass is 394 g/mol. The molecule has 0 aromatic heterocycles. The molecule has 0 atom stereocenters. The third-order valence-corrected chi connectivity index (χ3v) is 4.94. The first-order valence-electron chi connectivity index (χ1n) is 9.77. The van der Waals surface area contributed by atoms with E-state index in [9.17, 15) is 14.4 Å². The summed E-state index contributed by atoms with van der Waals surface area (Å²) in [7, 11) is 0. The zero-order valence-corrected chi connectivity index (χ0v) is 16.3. The third kappa shape index (κ3) is 6.15. The Kier molecular flexibility index (Phi) is 6.97. The van der Waals surface area contributed by atoms with Crippen molar-refractivity contribution in [3.63, 3.8) is 0 Å². The number of benzene rings is 2. The summed E-state index contributed by atoms with van der Waals surface area (Å²) in [5.41, 5.74) is 9.16. The van der Waals surface area contributed by atoms with E-state index in [1.54, 1.807) is 24.3 Å². The molecule has 0 saturated carbocycles. The van der Waals surface area contributed by atoms with Crippen molar-refractivity contribution in [2.24, 2.45) is 5.73 Å². The maximum Gasteiger partial charge on any atom is 0.313 e. The molecule has 29 heavy (non-hydrogen) atoms. The summed E-state index contributed by atoms with van der Waals surface area (Å²) in [6, 6.07) is 15.1. The Morgan fingerprint density at radius 1 is 0.966 bits per heavy atom. The molecule has 0 saturated heterocycles. The summed E-state index contributed by atoms with van der Waals surface area (Å²) in [5, 5.41) is 5.21. The Balaban J connectivity index is 1.36. The molecule has 0 unspecified atom stereocenters. The Morgan fingerprint density at radius 2 is 1.69 bits per heavy atom. The first-order chi connectivity index (χ1) is 14.0. The number of amides is 3. The van der Waals surface area contributed by atoms with Gasteiger partial charge in [-0.1, -0.05) is 36.4 Å². The van der Waals surface area contributed by atoms with Gasteiger partial charge in [-0.05, 0) is 41.7 Å². The van der Waals surface area contributed by atoms with Crippen LogP contribution in [0, 0.1) is 0 Å². The fourth-order valence-electron chi connectivity index (χ4n) is 3.42. The highest BCUT2D eigenvalue weighted by molar-refractivity contribution is 6.39. The summed E-state index contributed by atoms with van der Waals surface area (Å²) in [6.45, 7) is 3.26. The maximum absolute atomic E-state index is 12.0. The second kappa shape index (κ2) is 9.84. The van der Waals surface area contributed by atoms with Crippen LogP contribution in [0.15, 0.2) is 48.5 Å². The minimum Gasteiger partial charge on any atom is -0.369 e. The fourth-order valence-corrected chi connectivity index (χ4v) is 3.42. The number of hydrogen-bond acceptors (Lipinski definition) is 4. The number of carbonyl (C=O) groups excluding carboxylic acids is 3. The normalized spacial score (nSPS) is 13.4. The average molecular weight is 394 g/mol. The number of hydrogen-bond donors (Lipinski definition) is 3. The van der Waals surface area contributed by atoms with Crippen LogP contribution in [-0.4, -0.2) is 42.3 Å². The summed E-state index contributed by atoms with van der Waals surface area (Å²) >= 11 is 0. The number of anilines is 1. The van der Waals surface area contributed by atoms with Crippen molar-refractivity contribution >= 4 is 23.4 Å². The van der Waals surface area contributed by atoms with E-state index in [1.807, 2.05) is 0 Å². The lowest BCUT2D eigenvalue weighted by Gasteiger charge is -2.28. The third-order valence-electron chi connectivity index (χ3n) is 4.94. The van der Waals surface area contributed by atoms with Gasteiger partial charge in [0.2, 0.25) is 5.91 Å². The molecule has 0 spiro atoms. The molecule has 0 radical (unpaired) electrons. The number of nitrogens with one attached hydrogen (secondary N) is 2. The Labute approximate surface area is 170 Å². The van der Waals surface area contributed by atoms with Gasteiger partial charge in [-0.15, -0.1) is 0 Å². The Hall–Kier alpha value is -3.19. The first kappa shape index (κ1) is 20.5. The standard InChI is InChI=1S/C22H26N4O3/c23-20(27)14-16-6-8-19(9-7-16)25-22(29)21(28)24-11-3-12-26-13-10-17-4-1-2-5-18(17)15-26/h1-2,4-9H,3,10-15H2,(H2,23,27)(H,24,28)(H,25,29). The number of nitrogens with two attached hydrogens (primary N) is 1. The van der Waals surface area contributed by atoms with Crippen molar-refractivity contribution in [1.82, 2.24) is 10.2 Å².